The number of nitriles is 1. The van der Waals surface area contributed by atoms with Crippen LogP contribution in [0.4, 0.5) is 11.4 Å². The summed E-state index contributed by atoms with van der Waals surface area (Å²) in [7, 11) is 0. The zero-order valence-corrected chi connectivity index (χ0v) is 18.8. The first-order valence-corrected chi connectivity index (χ1v) is 11.5. The van der Waals surface area contributed by atoms with Gasteiger partial charge in [-0.05, 0) is 42.7 Å². The summed E-state index contributed by atoms with van der Waals surface area (Å²) in [6.45, 7) is 0.608. The van der Waals surface area contributed by atoms with Crippen LogP contribution in [0.25, 0.3) is 0 Å². The van der Waals surface area contributed by atoms with E-state index in [1.165, 1.54) is 0 Å². The van der Waals surface area contributed by atoms with Crippen LogP contribution in [-0.2, 0) is 20.9 Å². The van der Waals surface area contributed by atoms with Crippen molar-refractivity contribution in [3.63, 3.8) is 0 Å². The summed E-state index contributed by atoms with van der Waals surface area (Å²) in [6, 6.07) is 18.6. The minimum Gasteiger partial charge on any atom is -0.352 e. The Balaban J connectivity index is 1.47. The first-order valence-electron chi connectivity index (χ1n) is 11.5. The Kier molecular flexibility index (Phi) is 9.01. The molecule has 33 heavy (non-hydrogen) atoms. The van der Waals surface area contributed by atoms with Crippen molar-refractivity contribution >= 4 is 29.1 Å². The van der Waals surface area contributed by atoms with Gasteiger partial charge in [0, 0.05) is 43.2 Å². The molecule has 0 aliphatic heterocycles. The van der Waals surface area contributed by atoms with Gasteiger partial charge < -0.3 is 15.5 Å². The van der Waals surface area contributed by atoms with Crippen molar-refractivity contribution < 1.29 is 14.4 Å². The minimum absolute atomic E-state index is 0.0592. The molecular weight excluding hydrogens is 416 g/mol. The number of amides is 3. The molecule has 1 saturated carbocycles. The molecule has 3 amide bonds. The number of carbonyl (C=O) groups excluding carboxylic acids is 3. The fourth-order valence-electron chi connectivity index (χ4n) is 4.00. The fourth-order valence-corrected chi connectivity index (χ4v) is 4.00. The van der Waals surface area contributed by atoms with Gasteiger partial charge in [-0.25, -0.2) is 0 Å². The van der Waals surface area contributed by atoms with Crippen molar-refractivity contribution in [1.82, 2.24) is 5.32 Å². The molecule has 7 nitrogen and oxygen atoms in total. The normalized spacial score (nSPS) is 13.2. The number of rotatable bonds is 10. The van der Waals surface area contributed by atoms with Crippen LogP contribution in [0.15, 0.2) is 54.6 Å². The van der Waals surface area contributed by atoms with Gasteiger partial charge in [0.05, 0.1) is 12.5 Å². The van der Waals surface area contributed by atoms with Gasteiger partial charge in [-0.2, -0.15) is 5.26 Å². The average Bonchev–Trinajstić information content (AvgIpc) is 3.38. The first kappa shape index (κ1) is 24.0. The van der Waals surface area contributed by atoms with Crippen molar-refractivity contribution in [1.29, 1.82) is 5.26 Å². The number of nitrogens with one attached hydrogen (secondary N) is 2. The topological polar surface area (TPSA) is 102 Å². The smallest absolute Gasteiger partial charge is 0.227 e. The predicted molar refractivity (Wildman–Crippen MR) is 127 cm³/mol. The lowest BCUT2D eigenvalue weighted by Crippen LogP contribution is -2.33. The monoisotopic (exact) mass is 446 g/mol. The molecule has 0 unspecified atom stereocenters. The van der Waals surface area contributed by atoms with Gasteiger partial charge in [-0.3, -0.25) is 14.4 Å². The summed E-state index contributed by atoms with van der Waals surface area (Å²) in [5, 5.41) is 14.7. The van der Waals surface area contributed by atoms with Crippen LogP contribution in [0.3, 0.4) is 0 Å². The molecule has 0 heterocycles. The Bertz CT molecular complexity index is 994. The molecule has 0 atom stereocenters. The van der Waals surface area contributed by atoms with Gasteiger partial charge in [-0.1, -0.05) is 43.2 Å². The maximum Gasteiger partial charge on any atom is 0.227 e. The Labute approximate surface area is 194 Å². The molecule has 7 heteroatoms. The summed E-state index contributed by atoms with van der Waals surface area (Å²) in [5.74, 6) is -0.263. The molecule has 1 fully saturated rings. The summed E-state index contributed by atoms with van der Waals surface area (Å²) in [5.41, 5.74) is 2.32. The Morgan fingerprint density at radius 3 is 2.48 bits per heavy atom. The van der Waals surface area contributed by atoms with E-state index in [0.29, 0.717) is 13.1 Å². The van der Waals surface area contributed by atoms with Crippen LogP contribution in [0.5, 0.6) is 0 Å². The summed E-state index contributed by atoms with van der Waals surface area (Å²) in [4.78, 5) is 38.9. The highest BCUT2D eigenvalue weighted by molar-refractivity contribution is 5.95. The molecule has 2 aromatic rings. The third kappa shape index (κ3) is 7.46. The predicted octanol–water partition coefficient (Wildman–Crippen LogP) is 4.16. The summed E-state index contributed by atoms with van der Waals surface area (Å²) >= 11 is 0. The molecule has 1 aliphatic carbocycles. The van der Waals surface area contributed by atoms with Gasteiger partial charge in [0.25, 0.3) is 0 Å². The molecular formula is C26H30N4O3. The number of hydrogen-bond acceptors (Lipinski definition) is 4. The molecule has 0 saturated heterocycles. The van der Waals surface area contributed by atoms with E-state index >= 15 is 0 Å². The van der Waals surface area contributed by atoms with Crippen LogP contribution >= 0.6 is 0 Å². The van der Waals surface area contributed by atoms with Crippen molar-refractivity contribution in [2.75, 3.05) is 16.8 Å². The molecule has 3 rings (SSSR count). The van der Waals surface area contributed by atoms with Gasteiger partial charge in [-0.15, -0.1) is 0 Å². The van der Waals surface area contributed by atoms with Gasteiger partial charge in [0.15, 0.2) is 0 Å². The second kappa shape index (κ2) is 12.4. The van der Waals surface area contributed by atoms with Crippen LogP contribution in [-0.4, -0.2) is 24.3 Å². The van der Waals surface area contributed by atoms with E-state index in [0.717, 1.165) is 42.6 Å². The lowest BCUT2D eigenvalue weighted by molar-refractivity contribution is -0.125. The fraction of sp³-hybridized carbons (Fsp3) is 0.385. The standard InChI is InChI=1S/C26H30N4O3/c27-16-7-17-30(23-12-2-1-3-13-23)25(32)15-14-24(31)28-19-20-8-6-11-22(18-20)29-26(33)21-9-4-5-10-21/h1-3,6,8,11-13,18,21H,4-5,7,9-10,14-15,17,19H2,(H,28,31)(H,29,33). The van der Waals surface area contributed by atoms with Gasteiger partial charge in [0.2, 0.25) is 17.7 Å². The molecule has 0 radical (unpaired) electrons. The number of nitrogens with zero attached hydrogens (tertiary/aromatic N) is 2. The van der Waals surface area contributed by atoms with Crippen LogP contribution in [0, 0.1) is 17.2 Å². The third-order valence-electron chi connectivity index (χ3n) is 5.79. The maximum absolute atomic E-state index is 12.7. The Morgan fingerprint density at radius 2 is 1.76 bits per heavy atom. The molecule has 0 aromatic heterocycles. The summed E-state index contributed by atoms with van der Waals surface area (Å²) < 4.78 is 0. The Morgan fingerprint density at radius 1 is 1.00 bits per heavy atom. The van der Waals surface area contributed by atoms with Crippen LogP contribution < -0.4 is 15.5 Å². The molecule has 172 valence electrons. The lowest BCUT2D eigenvalue weighted by Gasteiger charge is -2.21. The first-order chi connectivity index (χ1) is 16.1. The number of carbonyl (C=O) groups is 3. The van der Waals surface area contributed by atoms with Crippen molar-refractivity contribution in [2.24, 2.45) is 5.92 Å². The van der Waals surface area contributed by atoms with E-state index in [9.17, 15) is 14.4 Å². The Hall–Kier alpha value is -3.66. The second-order valence-corrected chi connectivity index (χ2v) is 8.24. The SMILES string of the molecule is N#CCCN(C(=O)CCC(=O)NCc1cccc(NC(=O)C2CCCC2)c1)c1ccccc1. The quantitative estimate of drug-likeness (QED) is 0.572. The van der Waals surface area contributed by atoms with Gasteiger partial charge >= 0.3 is 0 Å². The van der Waals surface area contributed by atoms with E-state index < -0.39 is 0 Å². The van der Waals surface area contributed by atoms with E-state index in [-0.39, 0.29) is 42.9 Å². The molecule has 2 N–H and O–H groups in total. The molecule has 0 spiro atoms. The van der Waals surface area contributed by atoms with Crippen LogP contribution in [0.1, 0.15) is 50.5 Å². The molecule has 1 aliphatic rings. The van der Waals surface area contributed by atoms with Crippen molar-refractivity contribution in [3.05, 3.63) is 60.2 Å². The highest BCUT2D eigenvalue weighted by atomic mass is 16.2. The minimum atomic E-state index is -0.225. The number of benzene rings is 2. The highest BCUT2D eigenvalue weighted by Gasteiger charge is 2.22. The van der Waals surface area contributed by atoms with E-state index in [4.69, 9.17) is 5.26 Å². The van der Waals surface area contributed by atoms with E-state index in [2.05, 4.69) is 16.7 Å². The summed E-state index contributed by atoms with van der Waals surface area (Å²) in [6.07, 6.45) is 4.44. The van der Waals surface area contributed by atoms with Crippen LogP contribution in [0.2, 0.25) is 0 Å². The average molecular weight is 447 g/mol. The zero-order valence-electron chi connectivity index (χ0n) is 18.8. The molecule has 2 aromatic carbocycles. The number of anilines is 2. The van der Waals surface area contributed by atoms with Crippen molar-refractivity contribution in [2.45, 2.75) is 51.5 Å². The largest absolute Gasteiger partial charge is 0.352 e. The maximum atomic E-state index is 12.7. The zero-order chi connectivity index (χ0) is 23.5. The van der Waals surface area contributed by atoms with Crippen molar-refractivity contribution in [3.8, 4) is 6.07 Å². The number of para-hydroxylation sites is 1. The van der Waals surface area contributed by atoms with Gasteiger partial charge in [0.1, 0.15) is 0 Å². The van der Waals surface area contributed by atoms with E-state index in [1.807, 2.05) is 54.6 Å². The van der Waals surface area contributed by atoms with E-state index in [1.54, 1.807) is 4.90 Å². The third-order valence-corrected chi connectivity index (χ3v) is 5.79. The lowest BCUT2D eigenvalue weighted by atomic mass is 10.1. The second-order valence-electron chi connectivity index (χ2n) is 8.24. The highest BCUT2D eigenvalue weighted by Crippen LogP contribution is 2.26. The molecule has 0 bridgehead atoms. The number of hydrogen-bond donors (Lipinski definition) is 2.